The van der Waals surface area contributed by atoms with Gasteiger partial charge in [0.05, 0.1) is 9.79 Å². The molecule has 1 aliphatic carbocycles. The van der Waals surface area contributed by atoms with Crippen LogP contribution in [0.4, 0.5) is 5.69 Å². The molecule has 0 bridgehead atoms. The minimum Gasteiger partial charge on any atom is -0.508 e. The predicted molar refractivity (Wildman–Crippen MR) is 197 cm³/mol. The van der Waals surface area contributed by atoms with Crippen molar-refractivity contribution in [1.82, 2.24) is 0 Å². The fourth-order valence-corrected chi connectivity index (χ4v) is 7.51. The van der Waals surface area contributed by atoms with Gasteiger partial charge in [0.2, 0.25) is 0 Å². The first-order chi connectivity index (χ1) is 24.5. The van der Waals surface area contributed by atoms with Crippen LogP contribution < -0.4 is 4.90 Å². The van der Waals surface area contributed by atoms with Gasteiger partial charge in [0.15, 0.2) is 12.3 Å². The third-order valence-electron chi connectivity index (χ3n) is 8.51. The number of benzene rings is 4. The molecule has 12 nitrogen and oxygen atoms in total. The van der Waals surface area contributed by atoms with Crippen LogP contribution in [0.2, 0.25) is 0 Å². The first-order valence-corrected chi connectivity index (χ1v) is 20.3. The van der Waals surface area contributed by atoms with Crippen LogP contribution in [-0.2, 0) is 43.4 Å². The van der Waals surface area contributed by atoms with Crippen molar-refractivity contribution in [2.45, 2.75) is 41.6 Å². The molecule has 4 aromatic rings. The lowest BCUT2D eigenvalue weighted by molar-refractivity contribution is -0.539. The lowest BCUT2D eigenvalue weighted by Gasteiger charge is -2.24. The van der Waals surface area contributed by atoms with Gasteiger partial charge in [0, 0.05) is 48.1 Å². The standard InChI is InChI=1S/C37H36N2O10S3/c1-3-38(24-26-5-18-33(19-6-26)50(41,42)43)30-13-9-28(10-14-30)37(35-22-17-32(40)23-36(35)52(47,48)49)29-11-15-31(16-12-29)39(4-2)25-27-7-20-34(21-8-27)51(44,45)46/h5-23H,3-4,24-25H2,1-2H3,(H3,41,42,43,44,45,46,47,48,49)/p+1. The average Bonchev–Trinajstić information content (AvgIpc) is 3.10. The van der Waals surface area contributed by atoms with E-state index in [1.807, 2.05) is 71.9 Å². The molecular formula is C37H37N2O10S3+. The molecule has 0 aliphatic heterocycles. The number of anilines is 1. The Morgan fingerprint density at radius 1 is 0.654 bits per heavy atom. The van der Waals surface area contributed by atoms with Gasteiger partial charge in [0.1, 0.15) is 17.2 Å². The molecule has 0 atom stereocenters. The molecule has 0 radical (unpaired) electrons. The molecule has 0 amide bonds. The number of rotatable bonds is 12. The number of phenols is 1. The first-order valence-electron chi connectivity index (χ1n) is 16.0. The maximum absolute atomic E-state index is 12.6. The summed E-state index contributed by atoms with van der Waals surface area (Å²) in [6.45, 7) is 5.99. The van der Waals surface area contributed by atoms with E-state index in [1.54, 1.807) is 24.3 Å². The van der Waals surface area contributed by atoms with Gasteiger partial charge in [0.25, 0.3) is 30.4 Å². The third-order valence-corrected chi connectivity index (χ3v) is 11.1. The average molecular weight is 766 g/mol. The Morgan fingerprint density at radius 3 is 1.67 bits per heavy atom. The SMILES string of the molecule is CCN(Cc1ccc(S(=O)(=O)O)cc1)c1ccc(C(=C2C=CC(=[N+](CC)Cc3ccc(S(=O)(=O)O)cc3)C=C2)c2ccc(O)cc2S(=O)(=O)O)cc1. The summed E-state index contributed by atoms with van der Waals surface area (Å²) in [4.78, 5) is 1.17. The van der Waals surface area contributed by atoms with Crippen LogP contribution >= 0.6 is 0 Å². The van der Waals surface area contributed by atoms with Gasteiger partial charge in [-0.3, -0.25) is 13.7 Å². The van der Waals surface area contributed by atoms with E-state index in [1.165, 1.54) is 36.4 Å². The van der Waals surface area contributed by atoms with Crippen LogP contribution in [0.1, 0.15) is 36.1 Å². The highest BCUT2D eigenvalue weighted by atomic mass is 32.2. The topological polar surface area (TPSA) is 190 Å². The normalized spacial score (nSPS) is 13.3. The van der Waals surface area contributed by atoms with Crippen molar-refractivity contribution in [3.05, 3.63) is 143 Å². The van der Waals surface area contributed by atoms with Crippen LogP contribution in [0.5, 0.6) is 5.75 Å². The Balaban J connectivity index is 1.53. The van der Waals surface area contributed by atoms with Crippen molar-refractivity contribution in [3.63, 3.8) is 0 Å². The van der Waals surface area contributed by atoms with Crippen LogP contribution in [-0.4, -0.2) is 67.4 Å². The molecule has 0 fully saturated rings. The molecule has 4 aromatic carbocycles. The Bertz CT molecular complexity index is 2420. The maximum atomic E-state index is 12.6. The highest BCUT2D eigenvalue weighted by Crippen LogP contribution is 2.36. The van der Waals surface area contributed by atoms with E-state index in [9.17, 15) is 44.0 Å². The highest BCUT2D eigenvalue weighted by molar-refractivity contribution is 7.86. The van der Waals surface area contributed by atoms with Gasteiger partial charge < -0.3 is 10.0 Å². The quantitative estimate of drug-likeness (QED) is 0.101. The van der Waals surface area contributed by atoms with Crippen LogP contribution in [0.25, 0.3) is 5.57 Å². The first kappa shape index (κ1) is 38.3. The zero-order chi connectivity index (χ0) is 37.8. The van der Waals surface area contributed by atoms with E-state index in [4.69, 9.17) is 0 Å². The van der Waals surface area contributed by atoms with Gasteiger partial charge in [-0.15, -0.1) is 0 Å². The molecule has 15 heteroatoms. The molecule has 0 spiro atoms. The molecule has 4 N–H and O–H groups in total. The summed E-state index contributed by atoms with van der Waals surface area (Å²) in [7, 11) is -13.4. The van der Waals surface area contributed by atoms with Crippen molar-refractivity contribution in [2.75, 3.05) is 18.0 Å². The number of hydrogen-bond donors (Lipinski definition) is 4. The number of hydrogen-bond acceptors (Lipinski definition) is 8. The molecule has 5 rings (SSSR count). The third kappa shape index (κ3) is 9.11. The van der Waals surface area contributed by atoms with Crippen LogP contribution in [0.3, 0.4) is 0 Å². The zero-order valence-electron chi connectivity index (χ0n) is 28.2. The summed E-state index contributed by atoms with van der Waals surface area (Å²) >= 11 is 0. The van der Waals surface area contributed by atoms with Crippen molar-refractivity contribution in [1.29, 1.82) is 0 Å². The van der Waals surface area contributed by atoms with Gasteiger partial charge in [-0.2, -0.15) is 25.3 Å². The van der Waals surface area contributed by atoms with E-state index in [0.29, 0.717) is 42.9 Å². The second kappa shape index (κ2) is 15.4. The van der Waals surface area contributed by atoms with Gasteiger partial charge >= 0.3 is 0 Å². The summed E-state index contributed by atoms with van der Waals surface area (Å²) in [5, 5.41) is 10.1. The molecule has 0 unspecified atom stereocenters. The van der Waals surface area contributed by atoms with E-state index >= 15 is 0 Å². The molecule has 0 heterocycles. The fraction of sp³-hybridized carbons (Fsp3) is 0.162. The molecule has 1 aliphatic rings. The number of allylic oxidation sites excluding steroid dienone is 5. The number of phenolic OH excluding ortho intramolecular Hbond substituents is 1. The molecule has 0 aromatic heterocycles. The summed E-state index contributed by atoms with van der Waals surface area (Å²) in [5.41, 5.74) is 5.13. The smallest absolute Gasteiger partial charge is 0.295 e. The predicted octanol–water partition coefficient (Wildman–Crippen LogP) is 5.76. The highest BCUT2D eigenvalue weighted by Gasteiger charge is 2.23. The largest absolute Gasteiger partial charge is 0.508 e. The lowest BCUT2D eigenvalue weighted by atomic mass is 9.90. The molecule has 272 valence electrons. The molecule has 52 heavy (non-hydrogen) atoms. The fourth-order valence-electron chi connectivity index (χ4n) is 5.83. The Hall–Kier alpha value is -4.90. The Kier molecular flexibility index (Phi) is 11.3. The molecular weight excluding hydrogens is 729 g/mol. The van der Waals surface area contributed by atoms with Crippen LogP contribution in [0.15, 0.2) is 136 Å². The minimum atomic E-state index is -4.77. The van der Waals surface area contributed by atoms with Crippen molar-refractivity contribution >= 4 is 47.3 Å². The van der Waals surface area contributed by atoms with Crippen molar-refractivity contribution in [3.8, 4) is 5.75 Å². The number of aromatic hydroxyl groups is 1. The van der Waals surface area contributed by atoms with E-state index in [-0.39, 0.29) is 21.1 Å². The van der Waals surface area contributed by atoms with Gasteiger partial charge in [-0.25, -0.2) is 4.58 Å². The minimum absolute atomic E-state index is 0.165. The maximum Gasteiger partial charge on any atom is 0.295 e. The van der Waals surface area contributed by atoms with Crippen molar-refractivity contribution < 1.29 is 48.6 Å². The summed E-state index contributed by atoms with van der Waals surface area (Å²) in [5.74, 6) is -0.340. The monoisotopic (exact) mass is 765 g/mol. The molecule has 0 saturated carbocycles. The van der Waals surface area contributed by atoms with Gasteiger partial charge in [-0.1, -0.05) is 36.4 Å². The number of nitrogens with zero attached hydrogens (tertiary/aromatic N) is 2. The summed E-state index contributed by atoms with van der Waals surface area (Å²) < 4.78 is 102. The summed E-state index contributed by atoms with van der Waals surface area (Å²) in [6.07, 6.45) is 7.36. The Morgan fingerprint density at radius 2 is 1.19 bits per heavy atom. The van der Waals surface area contributed by atoms with E-state index in [2.05, 4.69) is 0 Å². The second-order valence-electron chi connectivity index (χ2n) is 11.9. The van der Waals surface area contributed by atoms with Crippen LogP contribution in [0, 0.1) is 0 Å². The zero-order valence-corrected chi connectivity index (χ0v) is 30.6. The van der Waals surface area contributed by atoms with E-state index < -0.39 is 35.2 Å². The van der Waals surface area contributed by atoms with E-state index in [0.717, 1.165) is 28.6 Å². The van der Waals surface area contributed by atoms with Gasteiger partial charge in [-0.05, 0) is 96.8 Å². The second-order valence-corrected chi connectivity index (χ2v) is 16.1. The van der Waals surface area contributed by atoms with Crippen molar-refractivity contribution in [2.24, 2.45) is 0 Å². The molecule has 0 saturated heterocycles. The summed E-state index contributed by atoms with van der Waals surface area (Å²) in [6, 6.07) is 22.9. The lowest BCUT2D eigenvalue weighted by Crippen LogP contribution is -2.22. The Labute approximate surface area is 303 Å².